The summed E-state index contributed by atoms with van der Waals surface area (Å²) in [6.45, 7) is 20.6. The Hall–Kier alpha value is -1.04. The van der Waals surface area contributed by atoms with E-state index in [-0.39, 0.29) is 10.8 Å². The van der Waals surface area contributed by atoms with Gasteiger partial charge in [-0.05, 0) is 60.1 Å². The van der Waals surface area contributed by atoms with Gasteiger partial charge in [0.1, 0.15) is 0 Å². The van der Waals surface area contributed by atoms with Gasteiger partial charge in [-0.15, -0.1) is 0 Å². The van der Waals surface area contributed by atoms with Gasteiger partial charge < -0.3 is 0 Å². The molecule has 0 fully saturated rings. The van der Waals surface area contributed by atoms with Crippen molar-refractivity contribution in [1.29, 1.82) is 0 Å². The Morgan fingerprint density at radius 2 is 1.41 bits per heavy atom. The van der Waals surface area contributed by atoms with Crippen molar-refractivity contribution in [2.75, 3.05) is 0 Å². The molecule has 0 bridgehead atoms. The molecule has 0 heteroatoms. The van der Waals surface area contributed by atoms with E-state index >= 15 is 0 Å². The zero-order chi connectivity index (χ0) is 17.1. The predicted molar refractivity (Wildman–Crippen MR) is 101 cm³/mol. The van der Waals surface area contributed by atoms with Gasteiger partial charge in [0.25, 0.3) is 0 Å². The Bertz CT molecular complexity index is 486. The van der Waals surface area contributed by atoms with E-state index in [2.05, 4.69) is 86.6 Å². The number of hydrogen-bond acceptors (Lipinski definition) is 0. The monoisotopic (exact) mass is 300 g/mol. The fraction of sp³-hybridized carbons (Fsp3) is 0.636. The SMILES string of the molecule is C/C=C(\C)C(C)CCc1cc(C(C)(C)C)cc(C(C)(C)C)c1. The van der Waals surface area contributed by atoms with Crippen molar-refractivity contribution in [3.63, 3.8) is 0 Å². The Morgan fingerprint density at radius 3 is 1.77 bits per heavy atom. The number of allylic oxidation sites excluding steroid dienone is 2. The maximum Gasteiger partial charge on any atom is -0.0132 e. The van der Waals surface area contributed by atoms with Crippen molar-refractivity contribution in [2.24, 2.45) is 5.92 Å². The second kappa shape index (κ2) is 7.02. The van der Waals surface area contributed by atoms with Crippen LogP contribution in [0.25, 0.3) is 0 Å². The molecule has 0 spiro atoms. The third kappa shape index (κ3) is 5.30. The maximum absolute atomic E-state index is 2.42. The highest BCUT2D eigenvalue weighted by Crippen LogP contribution is 2.31. The van der Waals surface area contributed by atoms with Crippen LogP contribution in [0.5, 0.6) is 0 Å². The highest BCUT2D eigenvalue weighted by Gasteiger charge is 2.20. The second-order valence-corrected chi connectivity index (χ2v) is 8.89. The minimum Gasteiger partial charge on any atom is -0.0885 e. The van der Waals surface area contributed by atoms with Gasteiger partial charge in [-0.3, -0.25) is 0 Å². The van der Waals surface area contributed by atoms with E-state index in [1.807, 2.05) is 0 Å². The molecule has 1 aromatic carbocycles. The summed E-state index contributed by atoms with van der Waals surface area (Å²) < 4.78 is 0. The number of benzene rings is 1. The van der Waals surface area contributed by atoms with Gasteiger partial charge in [-0.2, -0.15) is 0 Å². The largest absolute Gasteiger partial charge is 0.0885 e. The van der Waals surface area contributed by atoms with E-state index in [4.69, 9.17) is 0 Å². The molecule has 0 nitrogen and oxygen atoms in total. The van der Waals surface area contributed by atoms with Crippen LogP contribution in [0.1, 0.15) is 85.4 Å². The zero-order valence-corrected chi connectivity index (χ0v) is 16.3. The molecule has 1 unspecified atom stereocenters. The van der Waals surface area contributed by atoms with Gasteiger partial charge in [0.2, 0.25) is 0 Å². The molecule has 22 heavy (non-hydrogen) atoms. The van der Waals surface area contributed by atoms with Gasteiger partial charge >= 0.3 is 0 Å². The summed E-state index contributed by atoms with van der Waals surface area (Å²) in [6, 6.07) is 7.25. The summed E-state index contributed by atoms with van der Waals surface area (Å²) in [7, 11) is 0. The summed E-state index contributed by atoms with van der Waals surface area (Å²) in [4.78, 5) is 0. The standard InChI is InChI=1S/C22H36/c1-10-16(2)17(3)11-12-18-13-19(21(4,5)6)15-20(14-18)22(7,8)9/h10,13-15,17H,11-12H2,1-9H3/b16-10+. The van der Waals surface area contributed by atoms with Crippen LogP contribution < -0.4 is 0 Å². The van der Waals surface area contributed by atoms with Crippen molar-refractivity contribution in [3.8, 4) is 0 Å². The highest BCUT2D eigenvalue weighted by molar-refractivity contribution is 5.37. The van der Waals surface area contributed by atoms with Crippen LogP contribution in [0.4, 0.5) is 0 Å². The Balaban J connectivity index is 3.09. The van der Waals surface area contributed by atoms with Gasteiger partial charge in [-0.1, -0.05) is 78.3 Å². The first-order chi connectivity index (χ1) is 9.95. The average Bonchev–Trinajstić information content (AvgIpc) is 2.41. The minimum atomic E-state index is 0.209. The second-order valence-electron chi connectivity index (χ2n) is 8.89. The van der Waals surface area contributed by atoms with Crippen LogP contribution in [0.15, 0.2) is 29.8 Å². The molecular weight excluding hydrogens is 264 g/mol. The molecule has 1 atom stereocenters. The first-order valence-electron chi connectivity index (χ1n) is 8.73. The summed E-state index contributed by atoms with van der Waals surface area (Å²) >= 11 is 0. The van der Waals surface area contributed by atoms with Crippen molar-refractivity contribution in [1.82, 2.24) is 0 Å². The average molecular weight is 301 g/mol. The van der Waals surface area contributed by atoms with E-state index in [0.29, 0.717) is 5.92 Å². The predicted octanol–water partition coefficient (Wildman–Crippen LogP) is 6.82. The van der Waals surface area contributed by atoms with Crippen LogP contribution in [-0.4, -0.2) is 0 Å². The molecule has 0 heterocycles. The third-order valence-electron chi connectivity index (χ3n) is 4.82. The summed E-state index contributed by atoms with van der Waals surface area (Å²) in [6.07, 6.45) is 4.64. The first kappa shape index (κ1) is 19.0. The molecule has 0 N–H and O–H groups in total. The Kier molecular flexibility index (Phi) is 6.07. The van der Waals surface area contributed by atoms with Gasteiger partial charge in [0.05, 0.1) is 0 Å². The van der Waals surface area contributed by atoms with Crippen molar-refractivity contribution < 1.29 is 0 Å². The molecule has 0 aliphatic rings. The van der Waals surface area contributed by atoms with Gasteiger partial charge in [-0.25, -0.2) is 0 Å². The number of aryl methyl sites for hydroxylation is 1. The lowest BCUT2D eigenvalue weighted by Gasteiger charge is -2.26. The van der Waals surface area contributed by atoms with E-state index in [9.17, 15) is 0 Å². The minimum absolute atomic E-state index is 0.209. The van der Waals surface area contributed by atoms with Crippen molar-refractivity contribution >= 4 is 0 Å². The lowest BCUT2D eigenvalue weighted by molar-refractivity contribution is 0.563. The molecular formula is C22H36. The molecule has 1 rings (SSSR count). The molecule has 1 aromatic rings. The summed E-state index contributed by atoms with van der Waals surface area (Å²) in [5, 5.41) is 0. The first-order valence-corrected chi connectivity index (χ1v) is 8.73. The van der Waals surface area contributed by atoms with Gasteiger partial charge in [0.15, 0.2) is 0 Å². The molecule has 0 aliphatic carbocycles. The van der Waals surface area contributed by atoms with Crippen LogP contribution >= 0.6 is 0 Å². The van der Waals surface area contributed by atoms with Crippen LogP contribution in [-0.2, 0) is 17.3 Å². The highest BCUT2D eigenvalue weighted by atomic mass is 14.2. The number of rotatable bonds is 4. The van der Waals surface area contributed by atoms with Crippen LogP contribution in [0, 0.1) is 5.92 Å². The van der Waals surface area contributed by atoms with Crippen molar-refractivity contribution in [3.05, 3.63) is 46.5 Å². The zero-order valence-electron chi connectivity index (χ0n) is 16.3. The van der Waals surface area contributed by atoms with E-state index < -0.39 is 0 Å². The lowest BCUT2D eigenvalue weighted by atomic mass is 9.79. The molecule has 0 amide bonds. The Labute approximate surface area is 139 Å². The van der Waals surface area contributed by atoms with E-state index in [0.717, 1.165) is 0 Å². The quantitative estimate of drug-likeness (QED) is 0.535. The van der Waals surface area contributed by atoms with E-state index in [1.54, 1.807) is 0 Å². The molecule has 0 radical (unpaired) electrons. The van der Waals surface area contributed by atoms with Crippen LogP contribution in [0.3, 0.4) is 0 Å². The number of hydrogen-bond donors (Lipinski definition) is 0. The molecule has 0 aliphatic heterocycles. The fourth-order valence-electron chi connectivity index (χ4n) is 2.60. The molecule has 0 saturated carbocycles. The van der Waals surface area contributed by atoms with Gasteiger partial charge in [0, 0.05) is 0 Å². The molecule has 124 valence electrons. The summed E-state index contributed by atoms with van der Waals surface area (Å²) in [5.41, 5.74) is 6.34. The molecule has 0 aromatic heterocycles. The third-order valence-corrected chi connectivity index (χ3v) is 4.82. The van der Waals surface area contributed by atoms with Crippen LogP contribution in [0.2, 0.25) is 0 Å². The lowest BCUT2D eigenvalue weighted by Crippen LogP contribution is -2.17. The van der Waals surface area contributed by atoms with E-state index in [1.165, 1.54) is 35.1 Å². The van der Waals surface area contributed by atoms with Crippen molar-refractivity contribution in [2.45, 2.75) is 86.0 Å². The summed E-state index contributed by atoms with van der Waals surface area (Å²) in [5.74, 6) is 0.668. The smallest absolute Gasteiger partial charge is 0.0132 e. The Morgan fingerprint density at radius 1 is 0.955 bits per heavy atom. The topological polar surface area (TPSA) is 0 Å². The molecule has 0 saturated heterocycles. The maximum atomic E-state index is 2.42. The normalized spacial score (nSPS) is 15.0. The fourth-order valence-corrected chi connectivity index (χ4v) is 2.60.